The number of ether oxygens (including phenoxy) is 3. The molecule has 0 aliphatic rings. The van der Waals surface area contributed by atoms with Gasteiger partial charge in [-0.05, 0) is 44.5 Å². The van der Waals surface area contributed by atoms with Crippen molar-refractivity contribution >= 4 is 18.0 Å². The molecule has 0 fully saturated rings. The Balaban J connectivity index is 2.95. The Kier molecular flexibility index (Phi) is 5.52. The smallest absolute Gasteiger partial charge is 0.341 e. The molecule has 0 aromatic heterocycles. The Morgan fingerprint density at radius 2 is 1.81 bits per heavy atom. The lowest BCUT2D eigenvalue weighted by atomic mass is 10.1. The first-order valence-electron chi connectivity index (χ1n) is 6.44. The van der Waals surface area contributed by atoms with Gasteiger partial charge < -0.3 is 14.2 Å². The lowest BCUT2D eigenvalue weighted by molar-refractivity contribution is -0.148. The van der Waals surface area contributed by atoms with Gasteiger partial charge in [-0.25, -0.2) is 9.59 Å². The fourth-order valence-corrected chi connectivity index (χ4v) is 1.60. The van der Waals surface area contributed by atoms with Crippen molar-refractivity contribution in [3.63, 3.8) is 0 Å². The molecule has 21 heavy (non-hydrogen) atoms. The standard InChI is InChI=1S/C16H20O5/c1-16(2,3)21-14(17)9-7-11-6-8-13(19-4)12(10-11)15(18)20-5/h6-10H,1-5H3/b9-7+. The van der Waals surface area contributed by atoms with E-state index in [9.17, 15) is 9.59 Å². The van der Waals surface area contributed by atoms with Crippen LogP contribution in [0.2, 0.25) is 0 Å². The molecule has 1 aromatic rings. The van der Waals surface area contributed by atoms with Gasteiger partial charge in [-0.2, -0.15) is 0 Å². The van der Waals surface area contributed by atoms with E-state index in [1.165, 1.54) is 20.3 Å². The van der Waals surface area contributed by atoms with Crippen molar-refractivity contribution in [2.24, 2.45) is 0 Å². The third kappa shape index (κ3) is 5.30. The summed E-state index contributed by atoms with van der Waals surface area (Å²) in [5, 5.41) is 0. The second-order valence-corrected chi connectivity index (χ2v) is 5.32. The molecule has 1 aromatic carbocycles. The van der Waals surface area contributed by atoms with Gasteiger partial charge >= 0.3 is 11.9 Å². The minimum Gasteiger partial charge on any atom is -0.496 e. The highest BCUT2D eigenvalue weighted by Gasteiger charge is 2.15. The zero-order chi connectivity index (χ0) is 16.0. The molecule has 0 atom stereocenters. The molecule has 1 rings (SSSR count). The first-order valence-corrected chi connectivity index (χ1v) is 6.44. The van der Waals surface area contributed by atoms with Gasteiger partial charge in [0.2, 0.25) is 0 Å². The van der Waals surface area contributed by atoms with Crippen LogP contribution in [0.15, 0.2) is 24.3 Å². The SMILES string of the molecule is COC(=O)c1cc(/C=C/C(=O)OC(C)(C)C)ccc1OC. The van der Waals surface area contributed by atoms with Crippen LogP contribution in [0.4, 0.5) is 0 Å². The molecule has 0 saturated carbocycles. The fourth-order valence-electron chi connectivity index (χ4n) is 1.60. The number of esters is 2. The van der Waals surface area contributed by atoms with Gasteiger partial charge in [-0.15, -0.1) is 0 Å². The van der Waals surface area contributed by atoms with Crippen LogP contribution in [0.5, 0.6) is 5.75 Å². The van der Waals surface area contributed by atoms with Crippen LogP contribution in [0.3, 0.4) is 0 Å². The van der Waals surface area contributed by atoms with Crippen LogP contribution in [-0.2, 0) is 14.3 Å². The van der Waals surface area contributed by atoms with E-state index in [0.29, 0.717) is 16.9 Å². The molecular weight excluding hydrogens is 272 g/mol. The van der Waals surface area contributed by atoms with Crippen molar-refractivity contribution in [2.45, 2.75) is 26.4 Å². The van der Waals surface area contributed by atoms with Crippen LogP contribution in [0.25, 0.3) is 6.08 Å². The lowest BCUT2D eigenvalue weighted by Crippen LogP contribution is -2.22. The molecule has 0 saturated heterocycles. The fraction of sp³-hybridized carbons (Fsp3) is 0.375. The Morgan fingerprint density at radius 1 is 1.14 bits per heavy atom. The quantitative estimate of drug-likeness (QED) is 0.631. The molecule has 0 bridgehead atoms. The zero-order valence-corrected chi connectivity index (χ0v) is 12.9. The molecule has 0 heterocycles. The van der Waals surface area contributed by atoms with E-state index in [1.807, 2.05) is 0 Å². The summed E-state index contributed by atoms with van der Waals surface area (Å²) in [6, 6.07) is 4.96. The van der Waals surface area contributed by atoms with Gasteiger partial charge in [0.25, 0.3) is 0 Å². The van der Waals surface area contributed by atoms with Crippen molar-refractivity contribution < 1.29 is 23.8 Å². The Labute approximate surface area is 124 Å². The highest BCUT2D eigenvalue weighted by atomic mass is 16.6. The third-order valence-corrected chi connectivity index (χ3v) is 2.45. The minimum absolute atomic E-state index is 0.298. The van der Waals surface area contributed by atoms with Gasteiger partial charge in [0.15, 0.2) is 0 Å². The summed E-state index contributed by atoms with van der Waals surface area (Å²) in [5.41, 5.74) is 0.423. The van der Waals surface area contributed by atoms with E-state index in [1.54, 1.807) is 45.0 Å². The largest absolute Gasteiger partial charge is 0.496 e. The van der Waals surface area contributed by atoms with E-state index in [2.05, 4.69) is 0 Å². The maximum atomic E-state index is 11.7. The van der Waals surface area contributed by atoms with Crippen LogP contribution in [0, 0.1) is 0 Å². The summed E-state index contributed by atoms with van der Waals surface area (Å²) in [7, 11) is 2.77. The summed E-state index contributed by atoms with van der Waals surface area (Å²) < 4.78 is 14.9. The molecule has 0 unspecified atom stereocenters. The number of rotatable bonds is 4. The topological polar surface area (TPSA) is 61.8 Å². The summed E-state index contributed by atoms with van der Waals surface area (Å²) in [6.45, 7) is 5.38. The molecule has 5 heteroatoms. The van der Waals surface area contributed by atoms with E-state index < -0.39 is 17.5 Å². The maximum absolute atomic E-state index is 11.7. The zero-order valence-electron chi connectivity index (χ0n) is 12.9. The minimum atomic E-state index is -0.543. The lowest BCUT2D eigenvalue weighted by Gasteiger charge is -2.17. The van der Waals surface area contributed by atoms with E-state index >= 15 is 0 Å². The molecule has 0 radical (unpaired) electrons. The number of carbonyl (C=O) groups is 2. The summed E-state index contributed by atoms with van der Waals surface area (Å²) in [6.07, 6.45) is 2.88. The first-order chi connectivity index (χ1) is 9.76. The Hall–Kier alpha value is -2.30. The third-order valence-electron chi connectivity index (χ3n) is 2.45. The van der Waals surface area contributed by atoms with Gasteiger partial charge in [-0.3, -0.25) is 0 Å². The second-order valence-electron chi connectivity index (χ2n) is 5.32. The van der Waals surface area contributed by atoms with Crippen LogP contribution >= 0.6 is 0 Å². The normalized spacial score (nSPS) is 11.3. The van der Waals surface area contributed by atoms with E-state index in [0.717, 1.165) is 0 Å². The number of methoxy groups -OCH3 is 2. The summed E-state index contributed by atoms with van der Waals surface area (Å²) >= 11 is 0. The Bertz CT molecular complexity index is 552. The predicted molar refractivity (Wildman–Crippen MR) is 79.2 cm³/mol. The van der Waals surface area contributed by atoms with Crippen molar-refractivity contribution in [2.75, 3.05) is 14.2 Å². The average molecular weight is 292 g/mol. The van der Waals surface area contributed by atoms with Crippen molar-refractivity contribution in [1.82, 2.24) is 0 Å². The van der Waals surface area contributed by atoms with Gasteiger partial charge in [0.05, 0.1) is 14.2 Å². The average Bonchev–Trinajstić information content (AvgIpc) is 2.42. The van der Waals surface area contributed by atoms with Crippen LogP contribution in [-0.4, -0.2) is 31.8 Å². The molecule has 0 spiro atoms. The number of hydrogen-bond acceptors (Lipinski definition) is 5. The van der Waals surface area contributed by atoms with Crippen molar-refractivity contribution in [3.05, 3.63) is 35.4 Å². The molecule has 114 valence electrons. The van der Waals surface area contributed by atoms with Gasteiger partial charge in [0, 0.05) is 6.08 Å². The van der Waals surface area contributed by atoms with Crippen LogP contribution in [0.1, 0.15) is 36.7 Å². The van der Waals surface area contributed by atoms with E-state index in [-0.39, 0.29) is 0 Å². The van der Waals surface area contributed by atoms with Gasteiger partial charge in [-0.1, -0.05) is 6.07 Å². The summed E-state index contributed by atoms with van der Waals surface area (Å²) in [5.74, 6) is -0.534. The highest BCUT2D eigenvalue weighted by Crippen LogP contribution is 2.21. The molecule has 0 N–H and O–H groups in total. The van der Waals surface area contributed by atoms with Gasteiger partial charge in [0.1, 0.15) is 16.9 Å². The molecule has 0 amide bonds. The number of carbonyl (C=O) groups excluding carboxylic acids is 2. The molecule has 0 aliphatic carbocycles. The predicted octanol–water partition coefficient (Wildman–Crippen LogP) is 2.84. The Morgan fingerprint density at radius 3 is 2.33 bits per heavy atom. The van der Waals surface area contributed by atoms with Crippen molar-refractivity contribution in [1.29, 1.82) is 0 Å². The maximum Gasteiger partial charge on any atom is 0.341 e. The summed E-state index contributed by atoms with van der Waals surface area (Å²) in [4.78, 5) is 23.3. The van der Waals surface area contributed by atoms with E-state index in [4.69, 9.17) is 14.2 Å². The van der Waals surface area contributed by atoms with Crippen LogP contribution < -0.4 is 4.74 Å². The van der Waals surface area contributed by atoms with Crippen molar-refractivity contribution in [3.8, 4) is 5.75 Å². The molecular formula is C16H20O5. The molecule has 0 aliphatic heterocycles. The second kappa shape index (κ2) is 6.92. The number of benzene rings is 1. The first kappa shape index (κ1) is 16.8. The monoisotopic (exact) mass is 292 g/mol. The molecule has 5 nitrogen and oxygen atoms in total. The highest BCUT2D eigenvalue weighted by molar-refractivity contribution is 5.94. The number of hydrogen-bond donors (Lipinski definition) is 0.